The summed E-state index contributed by atoms with van der Waals surface area (Å²) >= 11 is 1.41. The van der Waals surface area contributed by atoms with Gasteiger partial charge in [-0.3, -0.25) is 4.79 Å². The maximum Gasteiger partial charge on any atom is 0.253 e. The number of piperidine rings is 1. The van der Waals surface area contributed by atoms with Crippen LogP contribution in [0.3, 0.4) is 0 Å². The Hall–Kier alpha value is -1.63. The van der Waals surface area contributed by atoms with Crippen LogP contribution in [0, 0.1) is 5.92 Å². The summed E-state index contributed by atoms with van der Waals surface area (Å²) in [6, 6.07) is 2.29. The third kappa shape index (κ3) is 3.06. The number of thioether (sulfide) groups is 1. The van der Waals surface area contributed by atoms with Crippen LogP contribution in [0.25, 0.3) is 5.78 Å². The molecule has 2 aliphatic rings. The second-order valence-electron chi connectivity index (χ2n) is 6.39. The fourth-order valence-corrected chi connectivity index (χ4v) is 4.63. The average molecular weight is 331 g/mol. The van der Waals surface area contributed by atoms with Gasteiger partial charge in [0.15, 0.2) is 0 Å². The Bertz CT molecular complexity index is 668. The van der Waals surface area contributed by atoms with Gasteiger partial charge in [0, 0.05) is 25.0 Å². The molecule has 1 saturated carbocycles. The van der Waals surface area contributed by atoms with Crippen molar-refractivity contribution in [3.8, 4) is 0 Å². The number of hydrogen-bond acceptors (Lipinski definition) is 5. The number of rotatable bonds is 3. The lowest BCUT2D eigenvalue weighted by atomic mass is 9.78. The molecule has 2 aromatic heterocycles. The average Bonchev–Trinajstić information content (AvgIpc) is 3.02. The van der Waals surface area contributed by atoms with Crippen molar-refractivity contribution in [3.63, 3.8) is 0 Å². The van der Waals surface area contributed by atoms with Crippen molar-refractivity contribution in [2.45, 2.75) is 49.7 Å². The third-order valence-corrected chi connectivity index (χ3v) is 5.81. The number of hydrogen-bond donors (Lipinski definition) is 0. The molecule has 1 saturated heterocycles. The lowest BCUT2D eigenvalue weighted by Crippen LogP contribution is -2.50. The number of likely N-dealkylation sites (tertiary alicyclic amines) is 1. The molecule has 2 fully saturated rings. The van der Waals surface area contributed by atoms with E-state index in [1.165, 1.54) is 43.9 Å². The molecular formula is C16H21N5OS. The van der Waals surface area contributed by atoms with E-state index in [1.807, 2.05) is 12.3 Å². The molecule has 0 unspecified atom stereocenters. The minimum Gasteiger partial charge on any atom is -0.339 e. The van der Waals surface area contributed by atoms with E-state index < -0.39 is 0 Å². The van der Waals surface area contributed by atoms with Crippen molar-refractivity contribution in [2.24, 2.45) is 5.92 Å². The van der Waals surface area contributed by atoms with Gasteiger partial charge in [-0.1, -0.05) is 24.6 Å². The first kappa shape index (κ1) is 14.9. The fraction of sp³-hybridized carbons (Fsp3) is 0.625. The van der Waals surface area contributed by atoms with Gasteiger partial charge >= 0.3 is 0 Å². The minimum absolute atomic E-state index is 0.235. The standard InChI is InChI=1S/C16H21N5OS/c22-14(20-9-3-6-12-5-1-2-7-13(12)20)11-23-16-18-15-17-8-4-10-21(15)19-16/h4,8,10,12-13H,1-3,5-7,9,11H2/t12-,13-/m0/s1. The van der Waals surface area contributed by atoms with Crippen LogP contribution in [-0.4, -0.2) is 48.7 Å². The van der Waals surface area contributed by atoms with Gasteiger partial charge in [-0.2, -0.15) is 4.98 Å². The summed E-state index contributed by atoms with van der Waals surface area (Å²) in [5, 5.41) is 4.97. The lowest BCUT2D eigenvalue weighted by Gasteiger charge is -2.44. The van der Waals surface area contributed by atoms with E-state index in [9.17, 15) is 4.79 Å². The molecule has 7 heteroatoms. The lowest BCUT2D eigenvalue weighted by molar-refractivity contribution is -0.134. The molecule has 1 aliphatic carbocycles. The molecule has 122 valence electrons. The van der Waals surface area contributed by atoms with Crippen molar-refractivity contribution in [1.29, 1.82) is 0 Å². The van der Waals surface area contributed by atoms with Crippen LogP contribution in [0.5, 0.6) is 0 Å². The Morgan fingerprint density at radius 1 is 1.26 bits per heavy atom. The molecule has 0 N–H and O–H groups in total. The van der Waals surface area contributed by atoms with Crippen molar-refractivity contribution in [2.75, 3.05) is 12.3 Å². The predicted molar refractivity (Wildman–Crippen MR) is 88.2 cm³/mol. The Balaban J connectivity index is 1.40. The van der Waals surface area contributed by atoms with E-state index >= 15 is 0 Å². The summed E-state index contributed by atoms with van der Waals surface area (Å²) in [5.74, 6) is 1.95. The van der Waals surface area contributed by atoms with Gasteiger partial charge in [0.1, 0.15) is 0 Å². The third-order valence-electron chi connectivity index (χ3n) is 4.99. The van der Waals surface area contributed by atoms with E-state index in [2.05, 4.69) is 20.0 Å². The van der Waals surface area contributed by atoms with Crippen LogP contribution in [0.2, 0.25) is 0 Å². The molecule has 4 rings (SSSR count). The second kappa shape index (κ2) is 6.47. The van der Waals surface area contributed by atoms with Crippen LogP contribution in [0.4, 0.5) is 0 Å². The number of fused-ring (bicyclic) bond motifs is 2. The molecular weight excluding hydrogens is 310 g/mol. The first-order valence-electron chi connectivity index (χ1n) is 8.41. The van der Waals surface area contributed by atoms with Crippen LogP contribution in [0.15, 0.2) is 23.6 Å². The van der Waals surface area contributed by atoms with Crippen molar-refractivity contribution >= 4 is 23.4 Å². The molecule has 0 spiro atoms. The van der Waals surface area contributed by atoms with Gasteiger partial charge in [-0.05, 0) is 37.7 Å². The summed E-state index contributed by atoms with van der Waals surface area (Å²) in [6.45, 7) is 0.917. The Kier molecular flexibility index (Phi) is 4.20. The quantitative estimate of drug-likeness (QED) is 0.808. The van der Waals surface area contributed by atoms with Crippen LogP contribution in [-0.2, 0) is 4.79 Å². The highest BCUT2D eigenvalue weighted by Gasteiger charge is 2.35. The van der Waals surface area contributed by atoms with Gasteiger partial charge in [-0.25, -0.2) is 9.50 Å². The molecule has 2 aromatic rings. The monoisotopic (exact) mass is 331 g/mol. The van der Waals surface area contributed by atoms with Crippen LogP contribution >= 0.6 is 11.8 Å². The predicted octanol–water partition coefficient (Wildman–Crippen LogP) is 2.40. The molecule has 0 aromatic carbocycles. The molecule has 1 amide bonds. The maximum absolute atomic E-state index is 12.7. The molecule has 3 heterocycles. The highest BCUT2D eigenvalue weighted by molar-refractivity contribution is 7.99. The van der Waals surface area contributed by atoms with Crippen molar-refractivity contribution in [1.82, 2.24) is 24.5 Å². The maximum atomic E-state index is 12.7. The first-order valence-corrected chi connectivity index (χ1v) is 9.39. The van der Waals surface area contributed by atoms with Gasteiger partial charge in [0.2, 0.25) is 11.1 Å². The zero-order chi connectivity index (χ0) is 15.6. The minimum atomic E-state index is 0.235. The molecule has 0 bridgehead atoms. The summed E-state index contributed by atoms with van der Waals surface area (Å²) in [6.07, 6.45) is 11.0. The summed E-state index contributed by atoms with van der Waals surface area (Å²) in [7, 11) is 0. The number of carbonyl (C=O) groups is 1. The zero-order valence-corrected chi connectivity index (χ0v) is 13.9. The molecule has 23 heavy (non-hydrogen) atoms. The van der Waals surface area contributed by atoms with Gasteiger partial charge in [-0.15, -0.1) is 5.10 Å². The Morgan fingerprint density at radius 2 is 2.13 bits per heavy atom. The summed E-state index contributed by atoms with van der Waals surface area (Å²) < 4.78 is 1.64. The number of carbonyl (C=O) groups excluding carboxylic acids is 1. The zero-order valence-electron chi connectivity index (χ0n) is 13.1. The molecule has 0 radical (unpaired) electrons. The normalized spacial score (nSPS) is 24.6. The van der Waals surface area contributed by atoms with E-state index in [0.29, 0.717) is 22.7 Å². The smallest absolute Gasteiger partial charge is 0.253 e. The van der Waals surface area contributed by atoms with E-state index in [1.54, 1.807) is 10.7 Å². The largest absolute Gasteiger partial charge is 0.339 e. The molecule has 1 aliphatic heterocycles. The topological polar surface area (TPSA) is 63.4 Å². The SMILES string of the molecule is O=C(CSc1nc2ncccn2n1)N1CCC[C@@H]2CCCC[C@@H]21. The summed E-state index contributed by atoms with van der Waals surface area (Å²) in [4.78, 5) is 23.3. The van der Waals surface area contributed by atoms with Gasteiger partial charge in [0.25, 0.3) is 5.78 Å². The number of amides is 1. The van der Waals surface area contributed by atoms with E-state index in [-0.39, 0.29) is 5.91 Å². The van der Waals surface area contributed by atoms with Gasteiger partial charge < -0.3 is 4.90 Å². The number of nitrogens with zero attached hydrogens (tertiary/aromatic N) is 5. The van der Waals surface area contributed by atoms with Crippen LogP contribution < -0.4 is 0 Å². The number of aromatic nitrogens is 4. The first-order chi connectivity index (χ1) is 11.3. The van der Waals surface area contributed by atoms with E-state index in [4.69, 9.17) is 0 Å². The Morgan fingerprint density at radius 3 is 3.04 bits per heavy atom. The van der Waals surface area contributed by atoms with Gasteiger partial charge in [0.05, 0.1) is 5.75 Å². The van der Waals surface area contributed by atoms with E-state index in [0.717, 1.165) is 18.9 Å². The second-order valence-corrected chi connectivity index (χ2v) is 7.33. The fourth-order valence-electron chi connectivity index (χ4n) is 3.92. The van der Waals surface area contributed by atoms with Crippen molar-refractivity contribution < 1.29 is 4.79 Å². The van der Waals surface area contributed by atoms with Crippen molar-refractivity contribution in [3.05, 3.63) is 18.5 Å². The molecule has 2 atom stereocenters. The Labute approximate surface area is 139 Å². The highest BCUT2D eigenvalue weighted by atomic mass is 32.2. The summed E-state index contributed by atoms with van der Waals surface area (Å²) in [5.41, 5.74) is 0. The molecule has 6 nitrogen and oxygen atoms in total. The van der Waals surface area contributed by atoms with Crippen LogP contribution in [0.1, 0.15) is 38.5 Å². The highest BCUT2D eigenvalue weighted by Crippen LogP contribution is 2.35.